The summed E-state index contributed by atoms with van der Waals surface area (Å²) < 4.78 is 154. The molecule has 1 heterocycles. The number of ether oxygens (including phenoxy) is 1. The molecule has 17 heteroatoms. The first-order valence-corrected chi connectivity index (χ1v) is 19.3. The van der Waals surface area contributed by atoms with Crippen molar-refractivity contribution in [2.24, 2.45) is 11.8 Å². The molecule has 0 spiro atoms. The van der Waals surface area contributed by atoms with Gasteiger partial charge in [0.15, 0.2) is 15.6 Å². The van der Waals surface area contributed by atoms with E-state index in [1.165, 1.54) is 17.9 Å². The summed E-state index contributed by atoms with van der Waals surface area (Å²) in [4.78, 5) is 11.6. The van der Waals surface area contributed by atoms with Crippen LogP contribution in [0.4, 0.5) is 51.1 Å². The molecule has 3 aromatic rings. The summed E-state index contributed by atoms with van der Waals surface area (Å²) in [6.45, 7) is 5.56. The molecule has 1 aromatic heterocycles. The lowest BCUT2D eigenvalue weighted by molar-refractivity contribution is -0.143. The molecule has 1 saturated carbocycles. The van der Waals surface area contributed by atoms with Gasteiger partial charge in [0.1, 0.15) is 6.61 Å². The van der Waals surface area contributed by atoms with Crippen LogP contribution in [0.15, 0.2) is 48.8 Å². The molecule has 1 unspecified atom stereocenters. The van der Waals surface area contributed by atoms with Crippen LogP contribution < -0.4 is 14.5 Å². The van der Waals surface area contributed by atoms with Crippen LogP contribution in [0.3, 0.4) is 0 Å². The SMILES string of the molecule is CCN(C[C@H]1CC[C@H](CC)CC1)c1ccc(C(F)(F)F)cc1CN(c1ncc(OCCS(C)(=O)=O)cn1)C(C)c1cc(C(F)(F)F)cc(C(F)(F)F)c1. The van der Waals surface area contributed by atoms with Crippen LogP contribution in [-0.4, -0.2) is 50.1 Å². The fourth-order valence-corrected chi connectivity index (χ4v) is 6.92. The highest BCUT2D eigenvalue weighted by atomic mass is 32.2. The number of halogens is 9. The average Bonchev–Trinajstić information content (AvgIpc) is 3.08. The summed E-state index contributed by atoms with van der Waals surface area (Å²) in [7, 11) is -3.38. The zero-order chi connectivity index (χ0) is 39.4. The first-order chi connectivity index (χ1) is 24.6. The van der Waals surface area contributed by atoms with Crippen LogP contribution in [0.2, 0.25) is 0 Å². The Morgan fingerprint density at radius 1 is 0.811 bits per heavy atom. The minimum absolute atomic E-state index is 0.00228. The highest BCUT2D eigenvalue weighted by Gasteiger charge is 2.38. The number of rotatable bonds is 14. The monoisotopic (exact) mass is 782 g/mol. The quantitative estimate of drug-likeness (QED) is 0.151. The number of benzene rings is 2. The molecular formula is C36H43F9N4O3S. The van der Waals surface area contributed by atoms with Crippen LogP contribution in [0, 0.1) is 11.8 Å². The molecule has 4 rings (SSSR count). The van der Waals surface area contributed by atoms with E-state index in [9.17, 15) is 47.9 Å². The molecule has 1 aliphatic carbocycles. The molecule has 2 aromatic carbocycles. The van der Waals surface area contributed by atoms with Gasteiger partial charge in [-0.1, -0.05) is 26.2 Å². The predicted octanol–water partition coefficient (Wildman–Crippen LogP) is 9.77. The summed E-state index contributed by atoms with van der Waals surface area (Å²) in [6, 6.07) is 3.01. The van der Waals surface area contributed by atoms with E-state index >= 15 is 0 Å². The van der Waals surface area contributed by atoms with E-state index in [0.29, 0.717) is 36.8 Å². The van der Waals surface area contributed by atoms with Crippen LogP contribution >= 0.6 is 0 Å². The summed E-state index contributed by atoms with van der Waals surface area (Å²) >= 11 is 0. The van der Waals surface area contributed by atoms with Gasteiger partial charge in [-0.05, 0) is 86.1 Å². The summed E-state index contributed by atoms with van der Waals surface area (Å²) in [5.41, 5.74) is -4.00. The second-order valence-electron chi connectivity index (χ2n) is 13.5. The Labute approximate surface area is 303 Å². The van der Waals surface area contributed by atoms with Crippen LogP contribution in [-0.2, 0) is 34.9 Å². The second kappa shape index (κ2) is 16.7. The number of aromatic nitrogens is 2. The van der Waals surface area contributed by atoms with Gasteiger partial charge in [0.2, 0.25) is 5.95 Å². The zero-order valence-electron chi connectivity index (χ0n) is 29.7. The lowest BCUT2D eigenvalue weighted by Crippen LogP contribution is -2.34. The molecule has 1 atom stereocenters. The number of nitrogens with zero attached hydrogens (tertiary/aromatic N) is 4. The molecule has 1 aliphatic rings. The van der Waals surface area contributed by atoms with E-state index in [0.717, 1.165) is 62.9 Å². The summed E-state index contributed by atoms with van der Waals surface area (Å²) in [6.07, 6.45) is -6.76. The Morgan fingerprint density at radius 3 is 1.85 bits per heavy atom. The third-order valence-electron chi connectivity index (χ3n) is 9.65. The molecule has 53 heavy (non-hydrogen) atoms. The van der Waals surface area contributed by atoms with Gasteiger partial charge in [-0.3, -0.25) is 0 Å². The average molecular weight is 783 g/mol. The van der Waals surface area contributed by atoms with E-state index in [4.69, 9.17) is 4.74 Å². The van der Waals surface area contributed by atoms with Crippen LogP contribution in [0.5, 0.6) is 5.75 Å². The van der Waals surface area contributed by atoms with Gasteiger partial charge in [-0.15, -0.1) is 0 Å². The van der Waals surface area contributed by atoms with Gasteiger partial charge in [-0.25, -0.2) is 18.4 Å². The van der Waals surface area contributed by atoms with Crippen molar-refractivity contribution in [3.8, 4) is 5.75 Å². The Kier molecular flexibility index (Phi) is 13.2. The maximum atomic E-state index is 14.1. The normalized spacial score (nSPS) is 17.8. The summed E-state index contributed by atoms with van der Waals surface area (Å²) in [5.74, 6) is 0.332. The highest BCUT2D eigenvalue weighted by Crippen LogP contribution is 2.41. The minimum atomic E-state index is -5.14. The molecule has 7 nitrogen and oxygen atoms in total. The van der Waals surface area contributed by atoms with Crippen molar-refractivity contribution in [3.05, 3.63) is 76.6 Å². The second-order valence-corrected chi connectivity index (χ2v) is 15.8. The van der Waals surface area contributed by atoms with Crippen molar-refractivity contribution in [2.75, 3.05) is 41.5 Å². The van der Waals surface area contributed by atoms with Crippen LogP contribution in [0.25, 0.3) is 0 Å². The Balaban J connectivity index is 1.82. The fraction of sp³-hybridized carbons (Fsp3) is 0.556. The number of hydrogen-bond acceptors (Lipinski definition) is 7. The Bertz CT molecular complexity index is 1740. The zero-order valence-corrected chi connectivity index (χ0v) is 30.6. The third kappa shape index (κ3) is 11.6. The van der Waals surface area contributed by atoms with E-state index in [1.54, 1.807) is 0 Å². The molecule has 0 saturated heterocycles. The molecule has 294 valence electrons. The predicted molar refractivity (Wildman–Crippen MR) is 183 cm³/mol. The largest absolute Gasteiger partial charge is 0.489 e. The molecule has 0 amide bonds. The molecule has 0 aliphatic heterocycles. The van der Waals surface area contributed by atoms with E-state index in [2.05, 4.69) is 16.9 Å². The van der Waals surface area contributed by atoms with Crippen LogP contribution in [0.1, 0.15) is 86.7 Å². The van der Waals surface area contributed by atoms with Crippen molar-refractivity contribution in [2.45, 2.75) is 84.0 Å². The fourth-order valence-electron chi connectivity index (χ4n) is 6.54. The van der Waals surface area contributed by atoms with Crippen molar-refractivity contribution in [3.63, 3.8) is 0 Å². The molecule has 0 N–H and O–H groups in total. The lowest BCUT2D eigenvalue weighted by Gasteiger charge is -2.36. The molecule has 1 fully saturated rings. The smallest absolute Gasteiger partial charge is 0.416 e. The maximum Gasteiger partial charge on any atom is 0.416 e. The van der Waals surface area contributed by atoms with E-state index < -0.39 is 63.2 Å². The summed E-state index contributed by atoms with van der Waals surface area (Å²) in [5, 5.41) is 0. The van der Waals surface area contributed by atoms with Crippen molar-refractivity contribution >= 4 is 21.5 Å². The van der Waals surface area contributed by atoms with E-state index in [-0.39, 0.29) is 41.6 Å². The van der Waals surface area contributed by atoms with Gasteiger partial charge in [0, 0.05) is 31.6 Å². The Hall–Kier alpha value is -3.76. The van der Waals surface area contributed by atoms with Crippen molar-refractivity contribution in [1.82, 2.24) is 9.97 Å². The highest BCUT2D eigenvalue weighted by molar-refractivity contribution is 7.90. The third-order valence-corrected chi connectivity index (χ3v) is 10.6. The minimum Gasteiger partial charge on any atom is -0.489 e. The molecular weight excluding hydrogens is 739 g/mol. The topological polar surface area (TPSA) is 75.6 Å². The molecule has 0 radical (unpaired) electrons. The first-order valence-electron chi connectivity index (χ1n) is 17.2. The van der Waals surface area contributed by atoms with Gasteiger partial charge in [-0.2, -0.15) is 39.5 Å². The van der Waals surface area contributed by atoms with Gasteiger partial charge in [0.05, 0.1) is 40.9 Å². The lowest BCUT2D eigenvalue weighted by atomic mass is 9.80. The standard InChI is InChI=1S/C36H43F9N4O3S/c1-5-24-7-9-25(10-8-24)21-48(6-2)32-12-11-28(34(37,38)39)17-27(32)22-49(33-46-19-31(20-47-33)52-13-14-53(4,50)51)23(3)26-15-29(35(40,41)42)18-30(16-26)36(43,44)45/h11-12,15-20,23-25H,5-10,13-14,21-22H2,1-4H3/t23?,24-,25-. The van der Waals surface area contributed by atoms with Gasteiger partial charge >= 0.3 is 18.5 Å². The number of sulfone groups is 1. The number of anilines is 2. The van der Waals surface area contributed by atoms with Gasteiger partial charge in [0.25, 0.3) is 0 Å². The Morgan fingerprint density at radius 2 is 1.36 bits per heavy atom. The van der Waals surface area contributed by atoms with E-state index in [1.807, 2.05) is 11.8 Å². The number of alkyl halides is 9. The maximum absolute atomic E-state index is 14.1. The number of hydrogen-bond donors (Lipinski definition) is 0. The van der Waals surface area contributed by atoms with Gasteiger partial charge < -0.3 is 14.5 Å². The molecule has 0 bridgehead atoms. The first kappa shape index (κ1) is 42.0. The van der Waals surface area contributed by atoms with Crippen molar-refractivity contribution in [1.29, 1.82) is 0 Å². The van der Waals surface area contributed by atoms with Crippen molar-refractivity contribution < 1.29 is 52.7 Å².